The molecule has 0 saturated carbocycles. The molecule has 0 bridgehead atoms. The van der Waals surface area contributed by atoms with E-state index >= 15 is 0 Å². The van der Waals surface area contributed by atoms with E-state index < -0.39 is 0 Å². The number of hydrogen-bond donors (Lipinski definition) is 2. The van der Waals surface area contributed by atoms with Crippen molar-refractivity contribution in [3.05, 3.63) is 23.5 Å². The van der Waals surface area contributed by atoms with Crippen LogP contribution in [-0.2, 0) is 7.05 Å². The molecule has 1 aromatic heterocycles. The largest absolute Gasteiger partial charge is 0.350 e. The zero-order chi connectivity index (χ0) is 13.9. The number of nitrogens with zero attached hydrogens (tertiary/aromatic N) is 1. The fourth-order valence-corrected chi connectivity index (χ4v) is 1.60. The maximum Gasteiger partial charge on any atom is 0.268 e. The lowest BCUT2D eigenvalue weighted by atomic mass is 10.2. The highest BCUT2D eigenvalue weighted by Crippen LogP contribution is 2.08. The van der Waals surface area contributed by atoms with E-state index in [2.05, 4.69) is 10.6 Å². The predicted octanol–water partition coefficient (Wildman–Crippen LogP) is 1.30. The minimum Gasteiger partial charge on any atom is -0.350 e. The van der Waals surface area contributed by atoms with Gasteiger partial charge in [0.05, 0.1) is 5.56 Å². The molecule has 100 valence electrons. The van der Waals surface area contributed by atoms with Gasteiger partial charge in [0.25, 0.3) is 11.8 Å². The summed E-state index contributed by atoms with van der Waals surface area (Å²) in [6.07, 6.45) is 1.66. The van der Waals surface area contributed by atoms with Crippen molar-refractivity contribution in [1.29, 1.82) is 0 Å². The van der Waals surface area contributed by atoms with Gasteiger partial charge in [0.15, 0.2) is 0 Å². The van der Waals surface area contributed by atoms with E-state index in [1.165, 1.54) is 0 Å². The highest BCUT2D eigenvalue weighted by atomic mass is 16.2. The summed E-state index contributed by atoms with van der Waals surface area (Å²) in [4.78, 5) is 23.7. The van der Waals surface area contributed by atoms with Crippen LogP contribution < -0.4 is 10.6 Å². The van der Waals surface area contributed by atoms with Crippen LogP contribution in [0.15, 0.2) is 12.3 Å². The van der Waals surface area contributed by atoms with Gasteiger partial charge in [-0.2, -0.15) is 0 Å². The van der Waals surface area contributed by atoms with E-state index in [-0.39, 0.29) is 23.9 Å². The average Bonchev–Trinajstić information content (AvgIpc) is 2.58. The van der Waals surface area contributed by atoms with Crippen LogP contribution in [0.5, 0.6) is 0 Å². The van der Waals surface area contributed by atoms with Crippen molar-refractivity contribution < 1.29 is 9.59 Å². The molecule has 0 radical (unpaired) electrons. The van der Waals surface area contributed by atoms with Crippen LogP contribution in [-0.4, -0.2) is 28.5 Å². The summed E-state index contributed by atoms with van der Waals surface area (Å²) in [6.45, 7) is 7.58. The van der Waals surface area contributed by atoms with Gasteiger partial charge in [-0.05, 0) is 33.8 Å². The van der Waals surface area contributed by atoms with E-state index in [9.17, 15) is 9.59 Å². The summed E-state index contributed by atoms with van der Waals surface area (Å²) in [5.41, 5.74) is 0.984. The normalized spacial score (nSPS) is 10.8. The van der Waals surface area contributed by atoms with Gasteiger partial charge in [-0.25, -0.2) is 0 Å². The summed E-state index contributed by atoms with van der Waals surface area (Å²) in [7, 11) is 1.75. The maximum atomic E-state index is 11.9. The summed E-state index contributed by atoms with van der Waals surface area (Å²) in [5.74, 6) is -0.333. The van der Waals surface area contributed by atoms with Crippen molar-refractivity contribution in [2.24, 2.45) is 7.05 Å². The fourth-order valence-electron chi connectivity index (χ4n) is 1.60. The van der Waals surface area contributed by atoms with E-state index in [1.807, 2.05) is 27.7 Å². The van der Waals surface area contributed by atoms with Crippen molar-refractivity contribution in [3.63, 3.8) is 0 Å². The second kappa shape index (κ2) is 5.71. The van der Waals surface area contributed by atoms with E-state index in [1.54, 1.807) is 23.9 Å². The van der Waals surface area contributed by atoms with Crippen molar-refractivity contribution in [3.8, 4) is 0 Å². The molecule has 0 unspecified atom stereocenters. The van der Waals surface area contributed by atoms with Gasteiger partial charge in [0.1, 0.15) is 5.69 Å². The Balaban J connectivity index is 2.88. The Hall–Kier alpha value is -1.78. The number of aromatic nitrogens is 1. The molecule has 0 spiro atoms. The molecular weight excluding hydrogens is 230 g/mol. The zero-order valence-electron chi connectivity index (χ0n) is 11.6. The number of carbonyl (C=O) groups excluding carboxylic acids is 2. The molecule has 0 fully saturated rings. The Kier molecular flexibility index (Phi) is 4.53. The van der Waals surface area contributed by atoms with Crippen LogP contribution >= 0.6 is 0 Å². The summed E-state index contributed by atoms with van der Waals surface area (Å²) >= 11 is 0. The molecule has 0 aliphatic carbocycles. The molecule has 18 heavy (non-hydrogen) atoms. The second-order valence-corrected chi connectivity index (χ2v) is 4.98. The minimum atomic E-state index is -0.170. The lowest BCUT2D eigenvalue weighted by molar-refractivity contribution is 0.0932. The Morgan fingerprint density at radius 2 is 1.56 bits per heavy atom. The van der Waals surface area contributed by atoms with Crippen LogP contribution in [0.3, 0.4) is 0 Å². The number of nitrogens with one attached hydrogen (secondary N) is 2. The molecular formula is C13H21N3O2. The first-order valence-electron chi connectivity index (χ1n) is 6.09. The SMILES string of the molecule is CC(C)NC(=O)c1cc(C(=O)NC(C)C)n(C)c1. The molecule has 1 rings (SSSR count). The number of amides is 2. The van der Waals surface area contributed by atoms with E-state index in [0.717, 1.165) is 0 Å². The van der Waals surface area contributed by atoms with Crippen LogP contribution in [0.4, 0.5) is 0 Å². The highest BCUT2D eigenvalue weighted by molar-refractivity contribution is 5.99. The topological polar surface area (TPSA) is 63.1 Å². The summed E-state index contributed by atoms with van der Waals surface area (Å²) in [6, 6.07) is 1.75. The first-order valence-corrected chi connectivity index (χ1v) is 6.09. The molecule has 5 heteroatoms. The number of rotatable bonds is 4. The third-order valence-corrected chi connectivity index (χ3v) is 2.34. The van der Waals surface area contributed by atoms with Crippen LogP contribution in [0.1, 0.15) is 48.5 Å². The molecule has 2 N–H and O–H groups in total. The summed E-state index contributed by atoms with van der Waals surface area (Å²) < 4.78 is 1.66. The molecule has 0 atom stereocenters. The van der Waals surface area contributed by atoms with Crippen LogP contribution in [0.2, 0.25) is 0 Å². The van der Waals surface area contributed by atoms with Crippen molar-refractivity contribution in [2.75, 3.05) is 0 Å². The molecule has 1 aromatic rings. The molecule has 0 aliphatic rings. The van der Waals surface area contributed by atoms with Crippen molar-refractivity contribution in [1.82, 2.24) is 15.2 Å². The maximum absolute atomic E-state index is 11.9. The third kappa shape index (κ3) is 3.61. The number of aryl methyl sites for hydroxylation is 1. The Morgan fingerprint density at radius 3 is 2.06 bits per heavy atom. The van der Waals surface area contributed by atoms with E-state index in [0.29, 0.717) is 11.3 Å². The first kappa shape index (κ1) is 14.3. The molecule has 0 aliphatic heterocycles. The molecule has 0 saturated heterocycles. The average molecular weight is 251 g/mol. The standard InChI is InChI=1S/C13H21N3O2/c1-8(2)14-12(17)10-6-11(16(5)7-10)13(18)15-9(3)4/h6-9H,1-5H3,(H,14,17)(H,15,18). The van der Waals surface area contributed by atoms with Crippen LogP contribution in [0, 0.1) is 0 Å². The zero-order valence-corrected chi connectivity index (χ0v) is 11.6. The van der Waals surface area contributed by atoms with Crippen molar-refractivity contribution >= 4 is 11.8 Å². The second-order valence-electron chi connectivity index (χ2n) is 4.98. The first-order chi connectivity index (χ1) is 8.31. The van der Waals surface area contributed by atoms with Gasteiger partial charge in [0.2, 0.25) is 0 Å². The predicted molar refractivity (Wildman–Crippen MR) is 70.6 cm³/mol. The smallest absolute Gasteiger partial charge is 0.268 e. The monoisotopic (exact) mass is 251 g/mol. The van der Waals surface area contributed by atoms with E-state index in [4.69, 9.17) is 0 Å². The molecule has 0 aromatic carbocycles. The third-order valence-electron chi connectivity index (χ3n) is 2.34. The minimum absolute atomic E-state index is 0.0698. The Morgan fingerprint density at radius 1 is 1.06 bits per heavy atom. The van der Waals surface area contributed by atoms with Gasteiger partial charge in [-0.1, -0.05) is 0 Å². The lowest BCUT2D eigenvalue weighted by Crippen LogP contribution is -2.31. The van der Waals surface area contributed by atoms with Crippen LogP contribution in [0.25, 0.3) is 0 Å². The molecule has 2 amide bonds. The quantitative estimate of drug-likeness (QED) is 0.847. The van der Waals surface area contributed by atoms with Gasteiger partial charge in [-0.15, -0.1) is 0 Å². The van der Waals surface area contributed by atoms with Gasteiger partial charge >= 0.3 is 0 Å². The van der Waals surface area contributed by atoms with Gasteiger partial charge in [0, 0.05) is 25.3 Å². The molecule has 1 heterocycles. The highest BCUT2D eigenvalue weighted by Gasteiger charge is 2.16. The number of hydrogen-bond acceptors (Lipinski definition) is 2. The van der Waals surface area contributed by atoms with Crippen molar-refractivity contribution in [2.45, 2.75) is 39.8 Å². The fraction of sp³-hybridized carbons (Fsp3) is 0.538. The van der Waals surface area contributed by atoms with Gasteiger partial charge in [-0.3, -0.25) is 9.59 Å². The lowest BCUT2D eigenvalue weighted by Gasteiger charge is -2.08. The summed E-state index contributed by atoms with van der Waals surface area (Å²) in [5, 5.41) is 5.60. The Labute approximate surface area is 108 Å². The Bertz CT molecular complexity index is 447. The molecule has 5 nitrogen and oxygen atoms in total. The van der Waals surface area contributed by atoms with Gasteiger partial charge < -0.3 is 15.2 Å². The number of carbonyl (C=O) groups is 2.